The third-order valence-corrected chi connectivity index (χ3v) is 3.08. The monoisotopic (exact) mass is 266 g/mol. The van der Waals surface area contributed by atoms with Gasteiger partial charge in [0.2, 0.25) is 0 Å². The molecule has 0 spiro atoms. The van der Waals surface area contributed by atoms with Crippen molar-refractivity contribution in [1.82, 2.24) is 0 Å². The summed E-state index contributed by atoms with van der Waals surface area (Å²) < 4.78 is 10.8. The molecule has 4 N–H and O–H groups in total. The fraction of sp³-hybridized carbons (Fsp3) is 0.571. The van der Waals surface area contributed by atoms with Gasteiger partial charge >= 0.3 is 0 Å². The van der Waals surface area contributed by atoms with Crippen LogP contribution in [0.5, 0.6) is 5.75 Å². The van der Waals surface area contributed by atoms with Crippen LogP contribution in [0.4, 0.5) is 11.4 Å². The molecule has 5 nitrogen and oxygen atoms in total. The molecule has 1 fully saturated rings. The van der Waals surface area contributed by atoms with E-state index in [2.05, 4.69) is 5.32 Å². The van der Waals surface area contributed by atoms with Crippen LogP contribution in [0.1, 0.15) is 20.3 Å². The maximum Gasteiger partial charge on any atom is 0.144 e. The van der Waals surface area contributed by atoms with Gasteiger partial charge in [-0.1, -0.05) is 0 Å². The molecule has 0 bridgehead atoms. The highest BCUT2D eigenvalue weighted by atomic mass is 16.5. The zero-order chi connectivity index (χ0) is 13.9. The van der Waals surface area contributed by atoms with Crippen molar-refractivity contribution < 1.29 is 14.6 Å². The zero-order valence-corrected chi connectivity index (χ0v) is 11.5. The lowest BCUT2D eigenvalue weighted by Gasteiger charge is -2.22. The maximum atomic E-state index is 10.2. The smallest absolute Gasteiger partial charge is 0.144 e. The van der Waals surface area contributed by atoms with Crippen molar-refractivity contribution >= 4 is 11.4 Å². The summed E-state index contributed by atoms with van der Waals surface area (Å²) in [5.74, 6) is 0.662. The summed E-state index contributed by atoms with van der Waals surface area (Å²) in [6.07, 6.45) is 0.731. The molecular weight excluding hydrogens is 244 g/mol. The number of nitrogens with one attached hydrogen (secondary N) is 1. The molecule has 2 rings (SSSR count). The molecule has 0 aliphatic carbocycles. The Bertz CT molecular complexity index is 429. The first-order chi connectivity index (χ1) is 8.98. The van der Waals surface area contributed by atoms with Crippen LogP contribution >= 0.6 is 0 Å². The van der Waals surface area contributed by atoms with Gasteiger partial charge in [0.1, 0.15) is 11.4 Å². The zero-order valence-electron chi connectivity index (χ0n) is 11.5. The molecule has 1 aliphatic heterocycles. The van der Waals surface area contributed by atoms with Gasteiger partial charge in [-0.05, 0) is 26.0 Å². The lowest BCUT2D eigenvalue weighted by molar-refractivity contribution is 0.0382. The first-order valence-corrected chi connectivity index (χ1v) is 6.59. The van der Waals surface area contributed by atoms with Crippen LogP contribution in [0.25, 0.3) is 0 Å². The van der Waals surface area contributed by atoms with E-state index in [4.69, 9.17) is 15.2 Å². The van der Waals surface area contributed by atoms with E-state index < -0.39 is 5.60 Å². The quantitative estimate of drug-likeness (QED) is 0.706. The van der Waals surface area contributed by atoms with Gasteiger partial charge in [-0.2, -0.15) is 0 Å². The van der Waals surface area contributed by atoms with E-state index in [1.54, 1.807) is 6.07 Å². The van der Waals surface area contributed by atoms with Crippen LogP contribution in [-0.4, -0.2) is 36.6 Å². The van der Waals surface area contributed by atoms with Crippen LogP contribution < -0.4 is 15.8 Å². The summed E-state index contributed by atoms with van der Waals surface area (Å²) in [6.45, 7) is 5.36. The van der Waals surface area contributed by atoms with Gasteiger partial charge in [-0.3, -0.25) is 0 Å². The Kier molecular flexibility index (Phi) is 4.17. The van der Waals surface area contributed by atoms with Crippen molar-refractivity contribution in [1.29, 1.82) is 0 Å². The maximum absolute atomic E-state index is 10.2. The fourth-order valence-corrected chi connectivity index (χ4v) is 2.00. The molecule has 1 saturated heterocycles. The standard InChI is InChI=1S/C14H22N2O3/c1-10(2)19-13-7-11(3-4-12(13)15)16-8-14(17)5-6-18-9-14/h3-4,7,10,16-17H,5-6,8-9,15H2,1-2H3. The summed E-state index contributed by atoms with van der Waals surface area (Å²) in [7, 11) is 0. The summed E-state index contributed by atoms with van der Waals surface area (Å²) in [5, 5.41) is 13.4. The second kappa shape index (κ2) is 5.67. The van der Waals surface area contributed by atoms with Crippen molar-refractivity contribution in [2.24, 2.45) is 0 Å². The molecular formula is C14H22N2O3. The minimum atomic E-state index is -0.777. The van der Waals surface area contributed by atoms with E-state index >= 15 is 0 Å². The first kappa shape index (κ1) is 14.0. The number of nitrogens with two attached hydrogens (primary N) is 1. The van der Waals surface area contributed by atoms with Crippen LogP contribution in [0.3, 0.4) is 0 Å². The SMILES string of the molecule is CC(C)Oc1cc(NCC2(O)CCOC2)ccc1N. The van der Waals surface area contributed by atoms with Gasteiger partial charge in [0.05, 0.1) is 18.4 Å². The summed E-state index contributed by atoms with van der Waals surface area (Å²) in [4.78, 5) is 0. The predicted octanol–water partition coefficient (Wildman–Crippen LogP) is 1.62. The lowest BCUT2D eigenvalue weighted by atomic mass is 10.0. The van der Waals surface area contributed by atoms with Crippen molar-refractivity contribution in [3.05, 3.63) is 18.2 Å². The Morgan fingerprint density at radius 1 is 1.53 bits per heavy atom. The van der Waals surface area contributed by atoms with Crippen molar-refractivity contribution in [2.75, 3.05) is 30.8 Å². The number of ether oxygens (including phenoxy) is 2. The molecule has 0 amide bonds. The Morgan fingerprint density at radius 3 is 2.95 bits per heavy atom. The van der Waals surface area contributed by atoms with Crippen LogP contribution in [0.2, 0.25) is 0 Å². The molecule has 1 atom stereocenters. The number of hydrogen-bond donors (Lipinski definition) is 3. The molecule has 1 aromatic rings. The topological polar surface area (TPSA) is 76.7 Å². The molecule has 1 unspecified atom stereocenters. The molecule has 1 aromatic carbocycles. The Hall–Kier alpha value is -1.46. The third kappa shape index (κ3) is 3.75. The Balaban J connectivity index is 2.00. The first-order valence-electron chi connectivity index (χ1n) is 6.59. The summed E-state index contributed by atoms with van der Waals surface area (Å²) in [5.41, 5.74) is 6.58. The molecule has 1 aliphatic rings. The Morgan fingerprint density at radius 2 is 2.32 bits per heavy atom. The molecule has 106 valence electrons. The average molecular weight is 266 g/mol. The van der Waals surface area contributed by atoms with E-state index in [1.165, 1.54) is 0 Å². The van der Waals surface area contributed by atoms with Gasteiger partial charge in [-0.25, -0.2) is 0 Å². The van der Waals surface area contributed by atoms with Crippen molar-refractivity contribution in [3.63, 3.8) is 0 Å². The van der Waals surface area contributed by atoms with E-state index in [0.717, 1.165) is 5.69 Å². The van der Waals surface area contributed by atoms with Gasteiger partial charge < -0.3 is 25.6 Å². The lowest BCUT2D eigenvalue weighted by Crippen LogP contribution is -2.37. The average Bonchev–Trinajstić information content (AvgIpc) is 2.77. The fourth-order valence-electron chi connectivity index (χ4n) is 2.00. The van der Waals surface area contributed by atoms with Gasteiger partial charge in [0.15, 0.2) is 0 Å². The molecule has 0 aromatic heterocycles. The largest absolute Gasteiger partial charge is 0.489 e. The predicted molar refractivity (Wildman–Crippen MR) is 75.5 cm³/mol. The third-order valence-electron chi connectivity index (χ3n) is 3.08. The minimum absolute atomic E-state index is 0.0740. The van der Waals surface area contributed by atoms with Crippen molar-refractivity contribution in [2.45, 2.75) is 32.0 Å². The molecule has 0 saturated carbocycles. The summed E-state index contributed by atoms with van der Waals surface area (Å²) in [6, 6.07) is 5.53. The number of anilines is 2. The van der Waals surface area contributed by atoms with Crippen LogP contribution in [-0.2, 0) is 4.74 Å². The summed E-state index contributed by atoms with van der Waals surface area (Å²) >= 11 is 0. The highest BCUT2D eigenvalue weighted by Crippen LogP contribution is 2.27. The number of nitrogen functional groups attached to an aromatic ring is 1. The molecule has 19 heavy (non-hydrogen) atoms. The van der Waals surface area contributed by atoms with E-state index in [0.29, 0.717) is 37.6 Å². The van der Waals surface area contributed by atoms with Crippen LogP contribution in [0.15, 0.2) is 18.2 Å². The number of benzene rings is 1. The Labute approximate surface area is 113 Å². The highest BCUT2D eigenvalue weighted by Gasteiger charge is 2.31. The van der Waals surface area contributed by atoms with E-state index in [1.807, 2.05) is 26.0 Å². The van der Waals surface area contributed by atoms with Crippen molar-refractivity contribution in [3.8, 4) is 5.75 Å². The van der Waals surface area contributed by atoms with E-state index in [-0.39, 0.29) is 6.10 Å². The number of rotatable bonds is 5. The second-order valence-electron chi connectivity index (χ2n) is 5.30. The molecule has 0 radical (unpaired) electrons. The van der Waals surface area contributed by atoms with Gasteiger partial charge in [0, 0.05) is 31.3 Å². The van der Waals surface area contributed by atoms with Crippen LogP contribution in [0, 0.1) is 0 Å². The number of aliphatic hydroxyl groups is 1. The van der Waals surface area contributed by atoms with Gasteiger partial charge in [0.25, 0.3) is 0 Å². The normalized spacial score (nSPS) is 22.7. The van der Waals surface area contributed by atoms with E-state index in [9.17, 15) is 5.11 Å². The molecule has 1 heterocycles. The number of hydrogen-bond acceptors (Lipinski definition) is 5. The second-order valence-corrected chi connectivity index (χ2v) is 5.30. The highest BCUT2D eigenvalue weighted by molar-refractivity contribution is 5.61. The minimum Gasteiger partial charge on any atom is -0.489 e. The van der Waals surface area contributed by atoms with Gasteiger partial charge in [-0.15, -0.1) is 0 Å². The molecule has 5 heteroatoms.